The zero-order chi connectivity index (χ0) is 15.9. The van der Waals surface area contributed by atoms with Crippen LogP contribution < -0.4 is 0 Å². The SMILES string of the molecule is Cc1cccc(C2CCC(C(F)(F)F)(C(F)(F)F)CC2)c1. The Labute approximate surface area is 119 Å². The van der Waals surface area contributed by atoms with Crippen LogP contribution in [0.1, 0.15) is 42.7 Å². The van der Waals surface area contributed by atoms with Gasteiger partial charge in [0.05, 0.1) is 0 Å². The summed E-state index contributed by atoms with van der Waals surface area (Å²) in [5.41, 5.74) is -1.76. The number of alkyl halides is 6. The molecule has 0 nitrogen and oxygen atoms in total. The smallest absolute Gasteiger partial charge is 0.170 e. The van der Waals surface area contributed by atoms with Gasteiger partial charge in [-0.3, -0.25) is 0 Å². The topological polar surface area (TPSA) is 0 Å². The minimum Gasteiger partial charge on any atom is -0.170 e. The first kappa shape index (κ1) is 16.2. The molecule has 2 rings (SSSR count). The molecule has 0 unspecified atom stereocenters. The van der Waals surface area contributed by atoms with Crippen molar-refractivity contribution < 1.29 is 26.3 Å². The van der Waals surface area contributed by atoms with Crippen LogP contribution in [0.4, 0.5) is 26.3 Å². The van der Waals surface area contributed by atoms with Crippen LogP contribution in [0.5, 0.6) is 0 Å². The molecule has 0 amide bonds. The van der Waals surface area contributed by atoms with E-state index in [1.807, 2.05) is 19.1 Å². The maximum absolute atomic E-state index is 13.0. The van der Waals surface area contributed by atoms with Crippen LogP contribution in [0.2, 0.25) is 0 Å². The first-order valence-electron chi connectivity index (χ1n) is 6.77. The molecule has 1 aromatic carbocycles. The summed E-state index contributed by atoms with van der Waals surface area (Å²) < 4.78 is 77.8. The molecule has 0 aliphatic heterocycles. The van der Waals surface area contributed by atoms with Gasteiger partial charge in [-0.2, -0.15) is 26.3 Å². The summed E-state index contributed by atoms with van der Waals surface area (Å²) >= 11 is 0. The van der Waals surface area contributed by atoms with Crippen molar-refractivity contribution in [1.29, 1.82) is 0 Å². The molecular weight excluding hydrogens is 294 g/mol. The number of aryl methyl sites for hydroxylation is 1. The Morgan fingerprint density at radius 2 is 1.48 bits per heavy atom. The van der Waals surface area contributed by atoms with Crippen molar-refractivity contribution in [2.45, 2.75) is 50.9 Å². The molecule has 0 saturated heterocycles. The van der Waals surface area contributed by atoms with Gasteiger partial charge in [-0.15, -0.1) is 0 Å². The minimum atomic E-state index is -5.25. The van der Waals surface area contributed by atoms with Gasteiger partial charge in [0.2, 0.25) is 0 Å². The number of hydrogen-bond donors (Lipinski definition) is 0. The molecule has 6 heteroatoms. The third-order valence-electron chi connectivity index (χ3n) is 4.44. The third kappa shape index (κ3) is 2.90. The summed E-state index contributed by atoms with van der Waals surface area (Å²) in [7, 11) is 0. The highest BCUT2D eigenvalue weighted by Crippen LogP contribution is 2.60. The highest BCUT2D eigenvalue weighted by Gasteiger charge is 2.70. The van der Waals surface area contributed by atoms with Gasteiger partial charge in [-0.25, -0.2) is 0 Å². The van der Waals surface area contributed by atoms with E-state index in [0.29, 0.717) is 0 Å². The second-order valence-corrected chi connectivity index (χ2v) is 5.77. The van der Waals surface area contributed by atoms with Gasteiger partial charge >= 0.3 is 12.4 Å². The van der Waals surface area contributed by atoms with Crippen LogP contribution in [-0.2, 0) is 0 Å². The average Bonchev–Trinajstić information content (AvgIpc) is 2.36. The van der Waals surface area contributed by atoms with E-state index in [0.717, 1.165) is 11.1 Å². The molecule has 1 aliphatic rings. The van der Waals surface area contributed by atoms with Crippen molar-refractivity contribution in [3.8, 4) is 0 Å². The molecule has 1 fully saturated rings. The fourth-order valence-corrected chi connectivity index (χ4v) is 3.10. The number of halogens is 6. The number of hydrogen-bond acceptors (Lipinski definition) is 0. The molecule has 1 aliphatic carbocycles. The molecule has 0 heterocycles. The van der Waals surface area contributed by atoms with E-state index >= 15 is 0 Å². The van der Waals surface area contributed by atoms with E-state index < -0.39 is 30.6 Å². The summed E-state index contributed by atoms with van der Waals surface area (Å²) in [4.78, 5) is 0. The van der Waals surface area contributed by atoms with E-state index in [1.165, 1.54) is 0 Å². The van der Waals surface area contributed by atoms with Gasteiger partial charge < -0.3 is 0 Å². The maximum atomic E-state index is 13.0. The van der Waals surface area contributed by atoms with Crippen molar-refractivity contribution in [2.75, 3.05) is 0 Å². The quantitative estimate of drug-likeness (QED) is 0.578. The van der Waals surface area contributed by atoms with Gasteiger partial charge in [0.25, 0.3) is 0 Å². The van der Waals surface area contributed by atoms with Crippen LogP contribution in [0.3, 0.4) is 0 Å². The predicted molar refractivity (Wildman–Crippen MR) is 66.9 cm³/mol. The Bertz CT molecular complexity index is 476. The van der Waals surface area contributed by atoms with Crippen molar-refractivity contribution >= 4 is 0 Å². The molecule has 0 atom stereocenters. The largest absolute Gasteiger partial charge is 0.403 e. The lowest BCUT2D eigenvalue weighted by atomic mass is 9.68. The van der Waals surface area contributed by atoms with Crippen LogP contribution in [-0.4, -0.2) is 12.4 Å². The monoisotopic (exact) mass is 310 g/mol. The first-order valence-corrected chi connectivity index (χ1v) is 6.77. The Morgan fingerprint density at radius 1 is 0.952 bits per heavy atom. The second-order valence-electron chi connectivity index (χ2n) is 5.77. The molecular formula is C15H16F6. The summed E-state index contributed by atoms with van der Waals surface area (Å²) in [6, 6.07) is 7.23. The summed E-state index contributed by atoms with van der Waals surface area (Å²) in [6.07, 6.45) is -12.5. The molecule has 0 radical (unpaired) electrons. The molecule has 0 aromatic heterocycles. The second kappa shape index (κ2) is 5.21. The molecule has 118 valence electrons. The van der Waals surface area contributed by atoms with E-state index in [1.54, 1.807) is 12.1 Å². The van der Waals surface area contributed by atoms with Crippen LogP contribution in [0, 0.1) is 12.3 Å². The third-order valence-corrected chi connectivity index (χ3v) is 4.44. The maximum Gasteiger partial charge on any atom is 0.403 e. The first-order chi connectivity index (χ1) is 9.57. The van der Waals surface area contributed by atoms with E-state index in [2.05, 4.69) is 0 Å². The zero-order valence-electron chi connectivity index (χ0n) is 11.5. The van der Waals surface area contributed by atoms with Crippen LogP contribution in [0.25, 0.3) is 0 Å². The molecule has 1 saturated carbocycles. The lowest BCUT2D eigenvalue weighted by Gasteiger charge is -2.42. The molecule has 0 bridgehead atoms. The van der Waals surface area contributed by atoms with Crippen molar-refractivity contribution in [1.82, 2.24) is 0 Å². The van der Waals surface area contributed by atoms with Gasteiger partial charge in [0.15, 0.2) is 5.41 Å². The van der Waals surface area contributed by atoms with Crippen LogP contribution in [0.15, 0.2) is 24.3 Å². The fraction of sp³-hybridized carbons (Fsp3) is 0.600. The summed E-state index contributed by atoms with van der Waals surface area (Å²) in [5, 5.41) is 0. The number of rotatable bonds is 1. The molecule has 1 aromatic rings. The highest BCUT2D eigenvalue weighted by atomic mass is 19.4. The Balaban J connectivity index is 2.21. The van der Waals surface area contributed by atoms with Gasteiger partial charge in [-0.1, -0.05) is 29.8 Å². The summed E-state index contributed by atoms with van der Waals surface area (Å²) in [6.45, 7) is 1.85. The minimum absolute atomic E-state index is 0.0948. The average molecular weight is 310 g/mol. The fourth-order valence-electron chi connectivity index (χ4n) is 3.10. The van der Waals surface area contributed by atoms with E-state index in [4.69, 9.17) is 0 Å². The normalized spacial score (nSPS) is 20.5. The highest BCUT2D eigenvalue weighted by molar-refractivity contribution is 5.26. The predicted octanol–water partition coefficient (Wildman–Crippen LogP) is 5.76. The Morgan fingerprint density at radius 3 is 1.90 bits per heavy atom. The van der Waals surface area contributed by atoms with Crippen molar-refractivity contribution in [3.05, 3.63) is 35.4 Å². The standard InChI is InChI=1S/C15H16F6/c1-10-3-2-4-12(9-10)11-5-7-13(8-6-11,14(16,17)18)15(19,20)21/h2-4,9,11H,5-8H2,1H3. The Hall–Kier alpha value is -1.20. The number of benzene rings is 1. The molecule has 0 N–H and O–H groups in total. The van der Waals surface area contributed by atoms with E-state index in [-0.39, 0.29) is 18.8 Å². The van der Waals surface area contributed by atoms with Crippen LogP contribution >= 0.6 is 0 Å². The lowest BCUT2D eigenvalue weighted by Crippen LogP contribution is -2.51. The van der Waals surface area contributed by atoms with Gasteiger partial charge in [-0.05, 0) is 44.1 Å². The summed E-state index contributed by atoms with van der Waals surface area (Å²) in [5.74, 6) is -0.234. The van der Waals surface area contributed by atoms with Gasteiger partial charge in [0, 0.05) is 0 Å². The molecule has 0 spiro atoms. The molecule has 21 heavy (non-hydrogen) atoms. The Kier molecular flexibility index (Phi) is 4.02. The lowest BCUT2D eigenvalue weighted by molar-refractivity contribution is -0.350. The van der Waals surface area contributed by atoms with E-state index in [9.17, 15) is 26.3 Å². The van der Waals surface area contributed by atoms with Crippen molar-refractivity contribution in [2.24, 2.45) is 5.41 Å². The van der Waals surface area contributed by atoms with Gasteiger partial charge in [0.1, 0.15) is 0 Å². The zero-order valence-corrected chi connectivity index (χ0v) is 11.5. The van der Waals surface area contributed by atoms with Crippen molar-refractivity contribution in [3.63, 3.8) is 0 Å².